The van der Waals surface area contributed by atoms with E-state index >= 15 is 0 Å². The highest BCUT2D eigenvalue weighted by Gasteiger charge is 2.51. The lowest BCUT2D eigenvalue weighted by Gasteiger charge is -2.30. The standard InChI is InChI=1S/C20H23N5O4/c1-19(2,3)25-10-13(8-21-25)20(17(27)22-18(28)23-20)11-24-9-12-5-6-14(29-4)7-15(12)16(24)26/h5-8,10H,9,11H2,1-4H3,(H2,22,23,27,28)/t20-/m0/s1. The number of hydrogen-bond donors (Lipinski definition) is 2. The number of rotatable bonds is 4. The number of nitrogens with zero attached hydrogens (tertiary/aromatic N) is 3. The Balaban J connectivity index is 1.69. The van der Waals surface area contributed by atoms with Crippen molar-refractivity contribution in [2.75, 3.05) is 13.7 Å². The van der Waals surface area contributed by atoms with E-state index in [0.29, 0.717) is 23.4 Å². The highest BCUT2D eigenvalue weighted by atomic mass is 16.5. The number of hydrogen-bond acceptors (Lipinski definition) is 5. The van der Waals surface area contributed by atoms with Gasteiger partial charge in [0, 0.05) is 23.9 Å². The van der Waals surface area contributed by atoms with Crippen LogP contribution >= 0.6 is 0 Å². The van der Waals surface area contributed by atoms with E-state index in [2.05, 4.69) is 15.7 Å². The Kier molecular flexibility index (Phi) is 4.14. The van der Waals surface area contributed by atoms with Gasteiger partial charge in [-0.2, -0.15) is 5.10 Å². The van der Waals surface area contributed by atoms with Gasteiger partial charge >= 0.3 is 6.03 Å². The monoisotopic (exact) mass is 397 g/mol. The van der Waals surface area contributed by atoms with Crippen molar-refractivity contribution in [3.05, 3.63) is 47.3 Å². The summed E-state index contributed by atoms with van der Waals surface area (Å²) in [7, 11) is 1.54. The zero-order chi connectivity index (χ0) is 21.0. The normalized spacial score (nSPS) is 21.2. The van der Waals surface area contributed by atoms with E-state index < -0.39 is 17.5 Å². The number of carbonyl (C=O) groups excluding carboxylic acids is 3. The quantitative estimate of drug-likeness (QED) is 0.758. The van der Waals surface area contributed by atoms with Crippen LogP contribution in [0.2, 0.25) is 0 Å². The number of ether oxygens (including phenoxy) is 1. The van der Waals surface area contributed by atoms with Gasteiger partial charge in [-0.25, -0.2) is 4.79 Å². The van der Waals surface area contributed by atoms with Crippen molar-refractivity contribution in [2.24, 2.45) is 0 Å². The van der Waals surface area contributed by atoms with Gasteiger partial charge in [-0.15, -0.1) is 0 Å². The Morgan fingerprint density at radius 2 is 2.00 bits per heavy atom. The van der Waals surface area contributed by atoms with E-state index in [1.54, 1.807) is 41.2 Å². The number of methoxy groups -OCH3 is 1. The second kappa shape index (κ2) is 6.33. The molecule has 3 heterocycles. The van der Waals surface area contributed by atoms with Crippen LogP contribution in [0.4, 0.5) is 4.79 Å². The molecule has 2 aliphatic heterocycles. The first-order chi connectivity index (χ1) is 13.6. The zero-order valence-corrected chi connectivity index (χ0v) is 16.8. The molecular formula is C20H23N5O4. The fraction of sp³-hybridized carbons (Fsp3) is 0.400. The van der Waals surface area contributed by atoms with Crippen LogP contribution in [0.15, 0.2) is 30.6 Å². The van der Waals surface area contributed by atoms with Crippen molar-refractivity contribution >= 4 is 17.8 Å². The van der Waals surface area contributed by atoms with Crippen molar-refractivity contribution in [2.45, 2.75) is 38.4 Å². The van der Waals surface area contributed by atoms with Gasteiger partial charge < -0.3 is 15.0 Å². The topological polar surface area (TPSA) is 106 Å². The molecule has 1 aromatic carbocycles. The van der Waals surface area contributed by atoms with E-state index in [0.717, 1.165) is 5.56 Å². The molecule has 0 spiro atoms. The van der Waals surface area contributed by atoms with Crippen molar-refractivity contribution in [3.8, 4) is 5.75 Å². The Labute approximate surface area is 168 Å². The average Bonchev–Trinajstić information content (AvgIpc) is 3.33. The minimum atomic E-state index is -1.40. The van der Waals surface area contributed by atoms with Crippen LogP contribution in [0.1, 0.15) is 42.3 Å². The molecule has 4 rings (SSSR count). The summed E-state index contributed by atoms with van der Waals surface area (Å²) < 4.78 is 6.94. The maximum Gasteiger partial charge on any atom is 0.322 e. The number of aromatic nitrogens is 2. The van der Waals surface area contributed by atoms with Crippen LogP contribution in [0.25, 0.3) is 0 Å². The molecule has 9 nitrogen and oxygen atoms in total. The lowest BCUT2D eigenvalue weighted by molar-refractivity contribution is -0.124. The lowest BCUT2D eigenvalue weighted by Crippen LogP contribution is -2.52. The molecule has 2 aliphatic rings. The first-order valence-corrected chi connectivity index (χ1v) is 9.29. The van der Waals surface area contributed by atoms with Gasteiger partial charge in [-0.05, 0) is 38.5 Å². The Bertz CT molecular complexity index is 1020. The number of nitrogens with one attached hydrogen (secondary N) is 2. The fourth-order valence-electron chi connectivity index (χ4n) is 3.69. The number of imide groups is 1. The van der Waals surface area contributed by atoms with Crippen LogP contribution < -0.4 is 15.4 Å². The van der Waals surface area contributed by atoms with Gasteiger partial charge in [-0.3, -0.25) is 19.6 Å². The first-order valence-electron chi connectivity index (χ1n) is 9.29. The van der Waals surface area contributed by atoms with E-state index in [9.17, 15) is 14.4 Å². The zero-order valence-electron chi connectivity index (χ0n) is 16.8. The molecule has 0 saturated carbocycles. The number of urea groups is 1. The molecule has 0 bridgehead atoms. The second-order valence-electron chi connectivity index (χ2n) is 8.34. The summed E-state index contributed by atoms with van der Waals surface area (Å²) in [6.45, 7) is 6.29. The van der Waals surface area contributed by atoms with Crippen LogP contribution in [-0.2, 0) is 22.4 Å². The van der Waals surface area contributed by atoms with Crippen LogP contribution in [0.5, 0.6) is 5.75 Å². The van der Waals surface area contributed by atoms with Crippen LogP contribution in [-0.4, -0.2) is 46.2 Å². The van der Waals surface area contributed by atoms with Gasteiger partial charge in [0.15, 0.2) is 5.54 Å². The van der Waals surface area contributed by atoms with Crippen molar-refractivity contribution in [1.29, 1.82) is 0 Å². The van der Waals surface area contributed by atoms with E-state index in [1.807, 2.05) is 26.8 Å². The molecule has 0 aliphatic carbocycles. The van der Waals surface area contributed by atoms with Crippen molar-refractivity contribution in [3.63, 3.8) is 0 Å². The number of benzene rings is 1. The SMILES string of the molecule is COc1ccc2c(c1)C(=O)N(C[C@@]1(c3cnn(C(C)(C)C)c3)NC(=O)NC1=O)C2. The first kappa shape index (κ1) is 19.0. The Hall–Kier alpha value is -3.36. The second-order valence-corrected chi connectivity index (χ2v) is 8.34. The lowest BCUT2D eigenvalue weighted by atomic mass is 9.91. The number of fused-ring (bicyclic) bond motifs is 1. The molecule has 1 fully saturated rings. The molecule has 1 aromatic heterocycles. The summed E-state index contributed by atoms with van der Waals surface area (Å²) in [4.78, 5) is 39.4. The predicted molar refractivity (Wildman–Crippen MR) is 103 cm³/mol. The molecule has 2 aromatic rings. The highest BCUT2D eigenvalue weighted by Crippen LogP contribution is 2.32. The molecule has 1 atom stereocenters. The average molecular weight is 397 g/mol. The molecule has 2 N–H and O–H groups in total. The number of carbonyl (C=O) groups is 3. The third-order valence-corrected chi connectivity index (χ3v) is 5.33. The van der Waals surface area contributed by atoms with Gasteiger partial charge in [-0.1, -0.05) is 6.07 Å². The van der Waals surface area contributed by atoms with E-state index in [4.69, 9.17) is 4.74 Å². The molecule has 4 amide bonds. The summed E-state index contributed by atoms with van der Waals surface area (Å²) in [5.74, 6) is -0.125. The van der Waals surface area contributed by atoms with Crippen LogP contribution in [0.3, 0.4) is 0 Å². The summed E-state index contributed by atoms with van der Waals surface area (Å²) in [5, 5.41) is 9.38. The van der Waals surface area contributed by atoms with Gasteiger partial charge in [0.05, 0.1) is 25.4 Å². The third kappa shape index (κ3) is 3.02. The summed E-state index contributed by atoms with van der Waals surface area (Å²) in [6.07, 6.45) is 3.30. The maximum absolute atomic E-state index is 13.0. The maximum atomic E-state index is 13.0. The summed E-state index contributed by atoms with van der Waals surface area (Å²) in [6, 6.07) is 4.73. The Morgan fingerprint density at radius 1 is 1.24 bits per heavy atom. The van der Waals surface area contributed by atoms with Crippen molar-refractivity contribution < 1.29 is 19.1 Å². The largest absolute Gasteiger partial charge is 0.497 e. The van der Waals surface area contributed by atoms with E-state index in [-0.39, 0.29) is 18.0 Å². The number of amides is 4. The van der Waals surface area contributed by atoms with Crippen LogP contribution in [0, 0.1) is 0 Å². The van der Waals surface area contributed by atoms with Gasteiger partial charge in [0.2, 0.25) is 0 Å². The minimum absolute atomic E-state index is 0.00373. The molecule has 1 saturated heterocycles. The molecular weight excluding hydrogens is 374 g/mol. The highest BCUT2D eigenvalue weighted by molar-refractivity contribution is 6.08. The smallest absolute Gasteiger partial charge is 0.322 e. The minimum Gasteiger partial charge on any atom is -0.497 e. The molecule has 9 heteroatoms. The van der Waals surface area contributed by atoms with E-state index in [1.165, 1.54) is 0 Å². The third-order valence-electron chi connectivity index (χ3n) is 5.33. The molecule has 0 radical (unpaired) electrons. The molecule has 0 unspecified atom stereocenters. The summed E-state index contributed by atoms with van der Waals surface area (Å²) >= 11 is 0. The fourth-order valence-corrected chi connectivity index (χ4v) is 3.69. The molecule has 152 valence electrons. The summed E-state index contributed by atoms with van der Waals surface area (Å²) in [5.41, 5.74) is 0.213. The predicted octanol–water partition coefficient (Wildman–Crippen LogP) is 1.34. The van der Waals surface area contributed by atoms with Gasteiger partial charge in [0.25, 0.3) is 11.8 Å². The Morgan fingerprint density at radius 3 is 2.59 bits per heavy atom. The van der Waals surface area contributed by atoms with Gasteiger partial charge in [0.1, 0.15) is 5.75 Å². The molecule has 29 heavy (non-hydrogen) atoms. The van der Waals surface area contributed by atoms with Crippen molar-refractivity contribution in [1.82, 2.24) is 25.3 Å².